The van der Waals surface area contributed by atoms with Crippen molar-refractivity contribution in [3.05, 3.63) is 0 Å². The quantitative estimate of drug-likeness (QED) is 0.199. The number of carbonyl (C=O) groups is 1. The normalized spacial score (nSPS) is 17.8. The highest BCUT2D eigenvalue weighted by Crippen LogP contribution is 2.41. The van der Waals surface area contributed by atoms with E-state index in [9.17, 15) is 4.79 Å². The van der Waals surface area contributed by atoms with Crippen molar-refractivity contribution in [2.24, 2.45) is 16.3 Å². The van der Waals surface area contributed by atoms with Gasteiger partial charge in [0, 0.05) is 6.54 Å². The van der Waals surface area contributed by atoms with E-state index in [1.165, 1.54) is 18.6 Å². The fraction of sp³-hybridized carbons (Fsp3) is 0.846. The first-order valence-corrected chi connectivity index (χ1v) is 8.32. The third-order valence-electron chi connectivity index (χ3n) is 3.80. The second-order valence-corrected chi connectivity index (χ2v) is 6.07. The van der Waals surface area contributed by atoms with E-state index in [1.807, 2.05) is 11.8 Å². The summed E-state index contributed by atoms with van der Waals surface area (Å²) in [6.45, 7) is 0.679. The van der Waals surface area contributed by atoms with E-state index in [1.54, 1.807) is 0 Å². The molecule has 0 heterocycles. The highest BCUT2D eigenvalue weighted by atomic mass is 32.2. The van der Waals surface area contributed by atoms with Crippen LogP contribution in [-0.4, -0.2) is 35.5 Å². The second-order valence-electron chi connectivity index (χ2n) is 5.08. The van der Waals surface area contributed by atoms with Crippen LogP contribution < -0.4 is 11.1 Å². The third-order valence-corrected chi connectivity index (χ3v) is 4.50. The number of carbonyl (C=O) groups excluding carboxylic acids is 1. The first kappa shape index (κ1) is 16.1. The molecule has 1 rings (SSSR count). The molecule has 0 unspecified atom stereocenters. The summed E-state index contributed by atoms with van der Waals surface area (Å²) in [7, 11) is 0. The highest BCUT2D eigenvalue weighted by molar-refractivity contribution is 7.98. The van der Waals surface area contributed by atoms with Gasteiger partial charge in [-0.1, -0.05) is 24.4 Å². The first-order valence-electron chi connectivity index (χ1n) is 6.92. The van der Waals surface area contributed by atoms with E-state index in [-0.39, 0.29) is 11.7 Å². The summed E-state index contributed by atoms with van der Waals surface area (Å²) in [6.07, 6.45) is 9.02. The van der Waals surface area contributed by atoms with E-state index in [2.05, 4.69) is 16.7 Å². The van der Waals surface area contributed by atoms with E-state index >= 15 is 0 Å². The largest absolute Gasteiger partial charge is 0.409 e. The van der Waals surface area contributed by atoms with Crippen molar-refractivity contribution in [3.8, 4) is 0 Å². The van der Waals surface area contributed by atoms with Gasteiger partial charge >= 0.3 is 0 Å². The molecule has 0 aromatic heterocycles. The topological polar surface area (TPSA) is 87.7 Å². The van der Waals surface area contributed by atoms with Gasteiger partial charge in [0.2, 0.25) is 5.91 Å². The average molecular weight is 287 g/mol. The minimum atomic E-state index is -0.742. The highest BCUT2D eigenvalue weighted by Gasteiger charge is 2.48. The summed E-state index contributed by atoms with van der Waals surface area (Å²) < 4.78 is 0. The molecule has 110 valence electrons. The lowest BCUT2D eigenvalue weighted by molar-refractivity contribution is -0.131. The van der Waals surface area contributed by atoms with Crippen molar-refractivity contribution in [1.82, 2.24) is 5.32 Å². The Morgan fingerprint density at radius 3 is 2.58 bits per heavy atom. The summed E-state index contributed by atoms with van der Waals surface area (Å²) in [5, 5.41) is 14.7. The lowest BCUT2D eigenvalue weighted by atomic mass is 9.67. The van der Waals surface area contributed by atoms with Gasteiger partial charge in [-0.05, 0) is 37.7 Å². The Morgan fingerprint density at radius 2 is 2.05 bits per heavy atom. The zero-order valence-corrected chi connectivity index (χ0v) is 12.5. The van der Waals surface area contributed by atoms with Crippen LogP contribution in [0.4, 0.5) is 0 Å². The number of thioether (sulfide) groups is 1. The number of nitrogens with zero attached hydrogens (tertiary/aromatic N) is 1. The fourth-order valence-corrected chi connectivity index (χ4v) is 2.81. The molecule has 0 spiro atoms. The number of unbranched alkanes of at least 4 members (excludes halogenated alkanes) is 3. The minimum absolute atomic E-state index is 0.0521. The molecule has 0 saturated heterocycles. The Bertz CT molecular complexity index is 317. The summed E-state index contributed by atoms with van der Waals surface area (Å²) >= 11 is 1.87. The molecule has 1 aliphatic rings. The Hall–Kier alpha value is -0.910. The Kier molecular flexibility index (Phi) is 7.05. The van der Waals surface area contributed by atoms with Crippen molar-refractivity contribution in [1.29, 1.82) is 0 Å². The predicted molar refractivity (Wildman–Crippen MR) is 79.6 cm³/mol. The molecule has 1 fully saturated rings. The van der Waals surface area contributed by atoms with Crippen LogP contribution in [0.25, 0.3) is 0 Å². The number of nitrogens with two attached hydrogens (primary N) is 1. The molecule has 0 bridgehead atoms. The van der Waals surface area contributed by atoms with E-state index in [0.29, 0.717) is 19.4 Å². The van der Waals surface area contributed by atoms with Gasteiger partial charge in [-0.2, -0.15) is 11.8 Å². The van der Waals surface area contributed by atoms with Gasteiger partial charge in [0.1, 0.15) is 5.41 Å². The van der Waals surface area contributed by atoms with E-state index in [4.69, 9.17) is 10.9 Å². The average Bonchev–Trinajstić information content (AvgIpc) is 2.36. The van der Waals surface area contributed by atoms with Crippen LogP contribution >= 0.6 is 11.8 Å². The molecule has 0 aliphatic heterocycles. The second kappa shape index (κ2) is 8.30. The Balaban J connectivity index is 2.20. The molecule has 0 aromatic carbocycles. The number of rotatable bonds is 9. The molecule has 1 aliphatic carbocycles. The number of amidine groups is 1. The van der Waals surface area contributed by atoms with Gasteiger partial charge in [-0.25, -0.2) is 0 Å². The van der Waals surface area contributed by atoms with Crippen LogP contribution in [0, 0.1) is 5.41 Å². The van der Waals surface area contributed by atoms with Gasteiger partial charge in [0.15, 0.2) is 5.84 Å². The number of amides is 1. The maximum Gasteiger partial charge on any atom is 0.233 e. The molecule has 5 nitrogen and oxygen atoms in total. The standard InChI is InChI=1S/C13H25N3O2S/c1-19-10-5-3-2-4-9-15-12(17)13(7-6-8-13)11(14)16-18/h18H,2-10H2,1H3,(H2,14,16)(H,15,17). The number of hydrogen-bond acceptors (Lipinski definition) is 4. The summed E-state index contributed by atoms with van der Waals surface area (Å²) in [4.78, 5) is 12.1. The van der Waals surface area contributed by atoms with Crippen molar-refractivity contribution in [2.75, 3.05) is 18.6 Å². The molecular formula is C13H25N3O2S. The lowest BCUT2D eigenvalue weighted by Crippen LogP contribution is -2.54. The molecule has 0 aromatic rings. The van der Waals surface area contributed by atoms with Crippen molar-refractivity contribution in [3.63, 3.8) is 0 Å². The third kappa shape index (κ3) is 4.30. The minimum Gasteiger partial charge on any atom is -0.409 e. The fourth-order valence-electron chi connectivity index (χ4n) is 2.32. The Morgan fingerprint density at radius 1 is 1.37 bits per heavy atom. The van der Waals surface area contributed by atoms with Crippen LogP contribution in [0.15, 0.2) is 5.16 Å². The number of oxime groups is 1. The zero-order chi connectivity index (χ0) is 14.1. The molecule has 19 heavy (non-hydrogen) atoms. The van der Waals surface area contributed by atoms with Gasteiger partial charge in [-0.3, -0.25) is 4.79 Å². The molecule has 6 heteroatoms. The van der Waals surface area contributed by atoms with Gasteiger partial charge in [0.25, 0.3) is 0 Å². The van der Waals surface area contributed by atoms with Crippen molar-refractivity contribution >= 4 is 23.5 Å². The summed E-state index contributed by atoms with van der Waals surface area (Å²) in [5.74, 6) is 1.17. The molecule has 4 N–H and O–H groups in total. The lowest BCUT2D eigenvalue weighted by Gasteiger charge is -2.38. The summed E-state index contributed by atoms with van der Waals surface area (Å²) in [6, 6.07) is 0. The van der Waals surface area contributed by atoms with Crippen molar-refractivity contribution < 1.29 is 10.0 Å². The van der Waals surface area contributed by atoms with Crippen LogP contribution in [-0.2, 0) is 4.79 Å². The molecule has 0 radical (unpaired) electrons. The smallest absolute Gasteiger partial charge is 0.233 e. The maximum absolute atomic E-state index is 12.1. The number of hydrogen-bond donors (Lipinski definition) is 3. The Labute approximate surface area is 119 Å². The van der Waals surface area contributed by atoms with Gasteiger partial charge in [0.05, 0.1) is 0 Å². The van der Waals surface area contributed by atoms with E-state index < -0.39 is 5.41 Å². The van der Waals surface area contributed by atoms with Crippen LogP contribution in [0.1, 0.15) is 44.9 Å². The zero-order valence-electron chi connectivity index (χ0n) is 11.7. The van der Waals surface area contributed by atoms with Gasteiger partial charge in [-0.15, -0.1) is 0 Å². The molecular weight excluding hydrogens is 262 g/mol. The SMILES string of the molecule is CSCCCCCCNC(=O)C1(C(N)=NO)CCC1. The van der Waals surface area contributed by atoms with Crippen LogP contribution in [0.3, 0.4) is 0 Å². The van der Waals surface area contributed by atoms with E-state index in [0.717, 1.165) is 19.3 Å². The first-order chi connectivity index (χ1) is 9.17. The van der Waals surface area contributed by atoms with Gasteiger partial charge < -0.3 is 16.3 Å². The van der Waals surface area contributed by atoms with Crippen molar-refractivity contribution in [2.45, 2.75) is 44.9 Å². The van der Waals surface area contributed by atoms with Crippen LogP contribution in [0.5, 0.6) is 0 Å². The monoisotopic (exact) mass is 287 g/mol. The summed E-state index contributed by atoms with van der Waals surface area (Å²) in [5.41, 5.74) is 4.89. The predicted octanol–water partition coefficient (Wildman–Crippen LogP) is 1.94. The maximum atomic E-state index is 12.1. The van der Waals surface area contributed by atoms with Crippen LogP contribution in [0.2, 0.25) is 0 Å². The molecule has 1 saturated carbocycles. The number of nitrogens with one attached hydrogen (secondary N) is 1. The molecule has 0 atom stereocenters. The molecule has 1 amide bonds.